The van der Waals surface area contributed by atoms with E-state index in [4.69, 9.17) is 0 Å². The Morgan fingerprint density at radius 1 is 0.381 bits per heavy atom. The van der Waals surface area contributed by atoms with E-state index in [0.29, 0.717) is 83.6 Å². The molecule has 528 valence electrons. The van der Waals surface area contributed by atoms with E-state index < -0.39 is 11.7 Å². The lowest BCUT2D eigenvalue weighted by Gasteiger charge is -2.09. The number of hydrogen-bond donors (Lipinski definition) is 6. The molecule has 3 saturated carbocycles. The molecule has 0 aliphatic heterocycles. The zero-order valence-corrected chi connectivity index (χ0v) is 56.6. The predicted molar refractivity (Wildman–Crippen MR) is 389 cm³/mol. The first-order valence-electron chi connectivity index (χ1n) is 34.5. The molecule has 3 aliphatic carbocycles. The van der Waals surface area contributed by atoms with Gasteiger partial charge in [-0.15, -0.1) is 15.3 Å². The highest BCUT2D eigenvalue weighted by molar-refractivity contribution is 5.97. The van der Waals surface area contributed by atoms with E-state index in [9.17, 15) is 41.9 Å². The number of fused-ring (bicyclic) bond motifs is 3. The summed E-state index contributed by atoms with van der Waals surface area (Å²) in [5, 5.41) is 34.8. The quantitative estimate of drug-likeness (QED) is 0.0369. The number of carbonyl (C=O) groups excluding carboxylic acids is 6. The second-order valence-electron chi connectivity index (χ2n) is 25.7. The molecule has 3 aliphatic rings. The fraction of sp³-hybridized carbons (Fsp3) is 0.203. The molecule has 7 heterocycles. The number of anilines is 3. The summed E-state index contributed by atoms with van der Waals surface area (Å²) in [7, 11) is 0. The van der Waals surface area contributed by atoms with Gasteiger partial charge in [-0.3, -0.25) is 44.7 Å². The van der Waals surface area contributed by atoms with Gasteiger partial charge in [-0.25, -0.2) is 18.2 Å². The van der Waals surface area contributed by atoms with Gasteiger partial charge in [-0.2, -0.15) is 33.2 Å². The van der Waals surface area contributed by atoms with Crippen LogP contribution in [0.25, 0.3) is 56.4 Å². The van der Waals surface area contributed by atoms with Crippen molar-refractivity contribution in [3.63, 3.8) is 0 Å². The number of aromatic nitrogens is 11. The Balaban J connectivity index is 0.000000133. The second kappa shape index (κ2) is 31.1. The van der Waals surface area contributed by atoms with E-state index in [1.54, 1.807) is 68.1 Å². The maximum atomic E-state index is 12.7. The van der Waals surface area contributed by atoms with Gasteiger partial charge in [0.1, 0.15) is 0 Å². The number of carbonyl (C=O) groups is 6. The number of pyridine rings is 3. The molecule has 6 aromatic carbocycles. The van der Waals surface area contributed by atoms with Crippen molar-refractivity contribution in [2.24, 2.45) is 17.8 Å². The van der Waals surface area contributed by atoms with E-state index in [1.165, 1.54) is 17.7 Å². The molecule has 16 rings (SSSR count). The van der Waals surface area contributed by atoms with Crippen molar-refractivity contribution in [3.05, 3.63) is 264 Å². The third-order valence-electron chi connectivity index (χ3n) is 17.8. The summed E-state index contributed by atoms with van der Waals surface area (Å²) < 4.78 is 44.9. The maximum absolute atomic E-state index is 12.7. The Bertz CT molecular complexity index is 5280. The number of alkyl halides is 3. The Hall–Kier alpha value is -13.0. The SMILES string of the molecule is O=C(NCCc1ccc(C(F)(F)F)cc1)c1ccc(-c2cccc3nc(NC(=O)C4CC4)nn23)cc1.O=C(NCCc1ccccc1)c1ccc(-c2cccc3nc(NC(=O)C4CC4)nn23)cc1.O=C(NCCc1cnn(-c2ccccc2)c1)c1ccc(-c2cccc3nc(NC(=O)C4CC4)nn23)cc1. The first-order valence-corrected chi connectivity index (χ1v) is 34.5. The zero-order valence-electron chi connectivity index (χ0n) is 56.6. The number of nitrogens with one attached hydrogen (secondary N) is 6. The van der Waals surface area contributed by atoms with E-state index in [-0.39, 0.29) is 59.1 Å². The molecule has 105 heavy (non-hydrogen) atoms. The van der Waals surface area contributed by atoms with Gasteiger partial charge in [-0.1, -0.05) is 115 Å². The Labute approximate surface area is 599 Å². The van der Waals surface area contributed by atoms with Crippen LogP contribution in [-0.2, 0) is 39.8 Å². The van der Waals surface area contributed by atoms with Gasteiger partial charge in [0, 0.05) is 77.0 Å². The number of nitrogens with zero attached hydrogens (tertiary/aromatic N) is 11. The summed E-state index contributed by atoms with van der Waals surface area (Å²) in [6.45, 7) is 1.38. The van der Waals surface area contributed by atoms with E-state index in [1.807, 2.05) is 138 Å². The molecule has 0 radical (unpaired) electrons. The van der Waals surface area contributed by atoms with Crippen LogP contribution in [0.1, 0.15) is 91.9 Å². The van der Waals surface area contributed by atoms with Crippen molar-refractivity contribution in [3.8, 4) is 39.5 Å². The lowest BCUT2D eigenvalue weighted by Crippen LogP contribution is -2.25. The molecule has 0 atom stereocenters. The van der Waals surface area contributed by atoms with Gasteiger partial charge in [0.15, 0.2) is 16.9 Å². The molecule has 0 spiro atoms. The highest BCUT2D eigenvalue weighted by Gasteiger charge is 2.33. The lowest BCUT2D eigenvalue weighted by atomic mass is 10.1. The first-order chi connectivity index (χ1) is 51.1. The molecule has 0 saturated heterocycles. The summed E-state index contributed by atoms with van der Waals surface area (Å²) in [4.78, 5) is 87.0. The summed E-state index contributed by atoms with van der Waals surface area (Å²) in [6, 6.07) is 63.5. The number of benzene rings is 6. The minimum Gasteiger partial charge on any atom is -0.352 e. The maximum Gasteiger partial charge on any atom is 0.416 e. The molecule has 0 bridgehead atoms. The molecule has 6 amide bonds. The van der Waals surface area contributed by atoms with Crippen LogP contribution in [-0.4, -0.2) is 109 Å². The predicted octanol–water partition coefficient (Wildman–Crippen LogP) is 12.4. The van der Waals surface area contributed by atoms with Crippen molar-refractivity contribution >= 4 is 70.2 Å². The third kappa shape index (κ3) is 17.5. The Morgan fingerprint density at radius 3 is 1.08 bits per heavy atom. The normalized spacial score (nSPS) is 13.2. The highest BCUT2D eigenvalue weighted by atomic mass is 19.4. The number of hydrogen-bond acceptors (Lipinski definition) is 13. The van der Waals surface area contributed by atoms with Crippen LogP contribution in [0.3, 0.4) is 0 Å². The molecule has 3 fully saturated rings. The van der Waals surface area contributed by atoms with Crippen molar-refractivity contribution in [2.45, 2.75) is 64.0 Å². The molecule has 23 nitrogen and oxygen atoms in total. The van der Waals surface area contributed by atoms with Gasteiger partial charge in [0.25, 0.3) is 17.7 Å². The summed E-state index contributed by atoms with van der Waals surface area (Å²) >= 11 is 0. The van der Waals surface area contributed by atoms with Crippen LogP contribution in [0.15, 0.2) is 225 Å². The van der Waals surface area contributed by atoms with Crippen LogP contribution in [0.5, 0.6) is 0 Å². The fourth-order valence-corrected chi connectivity index (χ4v) is 11.6. The summed E-state index contributed by atoms with van der Waals surface area (Å²) in [5.41, 5.74) is 11.8. The van der Waals surface area contributed by atoms with Gasteiger partial charge in [-0.05, 0) is 172 Å². The number of amides is 6. The highest BCUT2D eigenvalue weighted by Crippen LogP contribution is 2.34. The van der Waals surface area contributed by atoms with Crippen LogP contribution in [0.2, 0.25) is 0 Å². The topological polar surface area (TPSA) is 283 Å². The van der Waals surface area contributed by atoms with Gasteiger partial charge in [0.05, 0.1) is 34.5 Å². The van der Waals surface area contributed by atoms with Crippen LogP contribution in [0, 0.1) is 17.8 Å². The van der Waals surface area contributed by atoms with E-state index in [0.717, 1.165) is 102 Å². The number of rotatable bonds is 22. The third-order valence-corrected chi connectivity index (χ3v) is 17.8. The van der Waals surface area contributed by atoms with Crippen molar-refractivity contribution in [1.82, 2.24) is 69.5 Å². The lowest BCUT2D eigenvalue weighted by molar-refractivity contribution is -0.137. The van der Waals surface area contributed by atoms with Gasteiger partial charge in [0.2, 0.25) is 35.6 Å². The van der Waals surface area contributed by atoms with Gasteiger partial charge < -0.3 is 16.0 Å². The standard InChI is InChI=1S/C28H25N7O2.C26H22F3N5O2.C25H23N5O2/c36-26(29-16-15-19-17-30-34(18-19)23-5-2-1-3-6-23)21-11-9-20(10-12-21)24-7-4-8-25-31-28(33-35(24)25)32-27(37)22-13-14-22;27-26(28,29)20-12-4-16(5-13-20)14-15-30-23(35)18-8-6-17(7-9-18)21-2-1-3-22-31-25(33-34(21)22)32-24(36)19-10-11-19;31-23(26-16-15-17-5-2-1-3-6-17)19-11-9-18(10-12-19)21-7-4-8-22-27-25(29-30(21)22)28-24(32)20-13-14-20/h1-12,17-18,22H,13-16H2,(H,29,36)(H,32,33,37);1-9,12-13,19H,10-11,14-15H2,(H,30,35)(H,32,33,36);1-12,20H,13-16H2,(H,26,31)(H,28,29,32). The monoisotopic (exact) mass is 1410 g/mol. The average molecular weight is 1410 g/mol. The fourth-order valence-electron chi connectivity index (χ4n) is 11.6. The molecule has 26 heteroatoms. The molecule has 0 unspecified atom stereocenters. The average Bonchev–Trinajstić information content (AvgIpc) is 1.65. The van der Waals surface area contributed by atoms with Crippen LogP contribution in [0.4, 0.5) is 31.0 Å². The van der Waals surface area contributed by atoms with Crippen molar-refractivity contribution in [2.75, 3.05) is 35.6 Å². The minimum absolute atomic E-state index is 0.0231. The summed E-state index contributed by atoms with van der Waals surface area (Å²) in [5.74, 6) is 0.444. The molecular weight excluding hydrogens is 1340 g/mol. The molecule has 7 aromatic heterocycles. The van der Waals surface area contributed by atoms with Crippen LogP contribution >= 0.6 is 0 Å². The number of halogens is 3. The first kappa shape index (κ1) is 69.1. The van der Waals surface area contributed by atoms with E-state index >= 15 is 0 Å². The number of para-hydroxylation sites is 1. The molecular formula is C79H70F3N17O6. The van der Waals surface area contributed by atoms with Crippen molar-refractivity contribution < 1.29 is 41.9 Å². The largest absolute Gasteiger partial charge is 0.416 e. The Kier molecular flexibility index (Phi) is 20.5. The van der Waals surface area contributed by atoms with E-state index in [2.05, 4.69) is 79.4 Å². The Morgan fingerprint density at radius 2 is 0.724 bits per heavy atom. The molecule has 6 N–H and O–H groups in total. The van der Waals surface area contributed by atoms with Crippen LogP contribution < -0.4 is 31.9 Å². The summed E-state index contributed by atoms with van der Waals surface area (Å²) in [6.07, 6.45) is 6.79. The van der Waals surface area contributed by atoms with Crippen molar-refractivity contribution in [1.29, 1.82) is 0 Å². The second-order valence-corrected chi connectivity index (χ2v) is 25.7. The molecule has 13 aromatic rings. The zero-order chi connectivity index (χ0) is 72.4. The minimum atomic E-state index is -4.37. The van der Waals surface area contributed by atoms with Gasteiger partial charge >= 0.3 is 6.18 Å². The smallest absolute Gasteiger partial charge is 0.352 e.